The Kier molecular flexibility index (Phi) is 3.74. The number of fused-ring (bicyclic) bond motifs is 2. The summed E-state index contributed by atoms with van der Waals surface area (Å²) in [6.45, 7) is 0.904. The summed E-state index contributed by atoms with van der Waals surface area (Å²) in [7, 11) is 0. The zero-order valence-corrected chi connectivity index (χ0v) is 13.9. The van der Waals surface area contributed by atoms with Crippen molar-refractivity contribution in [2.75, 3.05) is 18.4 Å². The van der Waals surface area contributed by atoms with Gasteiger partial charge in [0.05, 0.1) is 5.41 Å². The monoisotopic (exact) mass is 328 g/mol. The fourth-order valence-corrected chi connectivity index (χ4v) is 4.89. The minimum Gasteiger partial charge on any atom is -0.481 e. The first-order valence-corrected chi connectivity index (χ1v) is 9.00. The second-order valence-corrected chi connectivity index (χ2v) is 7.51. The van der Waals surface area contributed by atoms with Crippen LogP contribution in [-0.4, -0.2) is 35.1 Å². The number of urea groups is 1. The lowest BCUT2D eigenvalue weighted by Crippen LogP contribution is -2.38. The lowest BCUT2D eigenvalue weighted by Gasteiger charge is -2.24. The number of benzene rings is 1. The largest absolute Gasteiger partial charge is 0.481 e. The van der Waals surface area contributed by atoms with E-state index in [1.807, 2.05) is 12.1 Å². The molecule has 2 atom stereocenters. The summed E-state index contributed by atoms with van der Waals surface area (Å²) in [4.78, 5) is 26.2. The number of aliphatic carboxylic acids is 1. The number of aryl methyl sites for hydroxylation is 1. The number of hydrogen-bond donors (Lipinski definition) is 2. The summed E-state index contributed by atoms with van der Waals surface area (Å²) in [6.07, 6.45) is 7.01. The Bertz CT molecular complexity index is 687. The van der Waals surface area contributed by atoms with Gasteiger partial charge in [0.1, 0.15) is 0 Å². The number of likely N-dealkylation sites (tertiary alicyclic amines) is 1. The Morgan fingerprint density at radius 3 is 2.83 bits per heavy atom. The molecular weight excluding hydrogens is 304 g/mol. The van der Waals surface area contributed by atoms with E-state index in [2.05, 4.69) is 11.4 Å². The number of rotatable bonds is 2. The van der Waals surface area contributed by atoms with Crippen LogP contribution in [0, 0.1) is 11.3 Å². The number of nitrogens with one attached hydrogen (secondary N) is 1. The predicted octanol–water partition coefficient (Wildman–Crippen LogP) is 3.28. The van der Waals surface area contributed by atoms with E-state index in [1.54, 1.807) is 4.90 Å². The summed E-state index contributed by atoms with van der Waals surface area (Å²) in [5.74, 6) is -0.636. The first-order chi connectivity index (χ1) is 11.6. The van der Waals surface area contributed by atoms with E-state index in [4.69, 9.17) is 0 Å². The van der Waals surface area contributed by atoms with Crippen LogP contribution in [0.3, 0.4) is 0 Å². The molecule has 0 unspecified atom stereocenters. The molecule has 2 aliphatic carbocycles. The summed E-state index contributed by atoms with van der Waals surface area (Å²) in [6, 6.07) is 5.96. The standard InChI is InChI=1S/C19H24N2O3/c22-17(23)19-10-4-7-14(19)11-21(12-19)18(24)20-16-9-3-6-13-5-1-2-8-15(13)16/h3,6,9,14H,1-2,4-5,7-8,10-12H2,(H,20,24)(H,22,23)/t14-,19+/m0/s1. The van der Waals surface area contributed by atoms with Gasteiger partial charge in [-0.05, 0) is 61.6 Å². The first kappa shape index (κ1) is 15.5. The molecule has 2 N–H and O–H groups in total. The fraction of sp³-hybridized carbons (Fsp3) is 0.579. The smallest absolute Gasteiger partial charge is 0.321 e. The van der Waals surface area contributed by atoms with Crippen molar-refractivity contribution in [3.63, 3.8) is 0 Å². The van der Waals surface area contributed by atoms with Gasteiger partial charge in [-0.15, -0.1) is 0 Å². The zero-order valence-electron chi connectivity index (χ0n) is 13.9. The maximum Gasteiger partial charge on any atom is 0.321 e. The third-order valence-electron chi connectivity index (χ3n) is 6.22. The molecule has 3 aliphatic rings. The van der Waals surface area contributed by atoms with Crippen LogP contribution < -0.4 is 5.32 Å². The molecule has 1 aliphatic heterocycles. The van der Waals surface area contributed by atoms with Gasteiger partial charge in [0.15, 0.2) is 0 Å². The number of hydrogen-bond acceptors (Lipinski definition) is 2. The Morgan fingerprint density at radius 2 is 2.04 bits per heavy atom. The molecule has 0 spiro atoms. The van der Waals surface area contributed by atoms with Crippen LogP contribution >= 0.6 is 0 Å². The van der Waals surface area contributed by atoms with E-state index in [1.165, 1.54) is 17.5 Å². The van der Waals surface area contributed by atoms with Gasteiger partial charge >= 0.3 is 12.0 Å². The van der Waals surface area contributed by atoms with Crippen LogP contribution in [0.1, 0.15) is 43.2 Å². The molecule has 0 radical (unpaired) electrons. The van der Waals surface area contributed by atoms with E-state index in [0.29, 0.717) is 19.5 Å². The lowest BCUT2D eigenvalue weighted by molar-refractivity contribution is -0.149. The molecule has 24 heavy (non-hydrogen) atoms. The van der Waals surface area contributed by atoms with Crippen LogP contribution in [0.25, 0.3) is 0 Å². The van der Waals surface area contributed by atoms with Crippen molar-refractivity contribution in [3.8, 4) is 0 Å². The molecule has 0 aromatic heterocycles. The Labute approximate surface area is 142 Å². The third-order valence-corrected chi connectivity index (χ3v) is 6.22. The highest BCUT2D eigenvalue weighted by Gasteiger charge is 2.55. The quantitative estimate of drug-likeness (QED) is 0.875. The number of carboxylic acid groups (broad SMARTS) is 1. The van der Waals surface area contributed by atoms with Gasteiger partial charge in [-0.25, -0.2) is 4.79 Å². The highest BCUT2D eigenvalue weighted by molar-refractivity contribution is 5.91. The molecule has 4 rings (SSSR count). The topological polar surface area (TPSA) is 69.6 Å². The summed E-state index contributed by atoms with van der Waals surface area (Å²) < 4.78 is 0. The second-order valence-electron chi connectivity index (χ2n) is 7.51. The molecule has 1 heterocycles. The molecule has 2 amide bonds. The van der Waals surface area contributed by atoms with Crippen molar-refractivity contribution >= 4 is 17.7 Å². The van der Waals surface area contributed by atoms with E-state index in [-0.39, 0.29) is 11.9 Å². The number of nitrogens with zero attached hydrogens (tertiary/aromatic N) is 1. The van der Waals surface area contributed by atoms with E-state index < -0.39 is 11.4 Å². The number of amides is 2. The van der Waals surface area contributed by atoms with Gasteiger partial charge in [0, 0.05) is 18.8 Å². The van der Waals surface area contributed by atoms with Gasteiger partial charge in [-0.1, -0.05) is 18.6 Å². The van der Waals surface area contributed by atoms with Gasteiger partial charge in [-0.3, -0.25) is 4.79 Å². The molecule has 5 nitrogen and oxygen atoms in total. The van der Waals surface area contributed by atoms with E-state index >= 15 is 0 Å². The number of anilines is 1. The Hall–Kier alpha value is -2.04. The minimum absolute atomic E-state index is 0.102. The maximum absolute atomic E-state index is 12.7. The van der Waals surface area contributed by atoms with Gasteiger partial charge in [0.2, 0.25) is 0 Å². The van der Waals surface area contributed by atoms with Crippen LogP contribution in [0.4, 0.5) is 10.5 Å². The molecule has 5 heteroatoms. The Morgan fingerprint density at radius 1 is 1.21 bits per heavy atom. The van der Waals surface area contributed by atoms with Crippen LogP contribution in [0.15, 0.2) is 18.2 Å². The molecule has 128 valence electrons. The minimum atomic E-state index is -0.739. The SMILES string of the molecule is O=C(Nc1cccc2c1CCCC2)N1C[C@@H]2CCC[C@@]2(C(=O)O)C1. The lowest BCUT2D eigenvalue weighted by atomic mass is 9.81. The molecule has 1 saturated heterocycles. The molecular formula is C19H24N2O3. The summed E-state index contributed by atoms with van der Waals surface area (Å²) >= 11 is 0. The number of carbonyl (C=O) groups is 2. The van der Waals surface area contributed by atoms with Crippen molar-refractivity contribution in [2.45, 2.75) is 44.9 Å². The number of carbonyl (C=O) groups excluding carboxylic acids is 1. The highest BCUT2D eigenvalue weighted by Crippen LogP contribution is 2.49. The molecule has 1 aromatic rings. The summed E-state index contributed by atoms with van der Waals surface area (Å²) in [5, 5.41) is 12.7. The van der Waals surface area contributed by atoms with Crippen molar-refractivity contribution in [1.82, 2.24) is 4.90 Å². The maximum atomic E-state index is 12.7. The molecule has 0 bridgehead atoms. The van der Waals surface area contributed by atoms with E-state index in [0.717, 1.165) is 37.8 Å². The van der Waals surface area contributed by atoms with Crippen LogP contribution in [0.5, 0.6) is 0 Å². The summed E-state index contributed by atoms with van der Waals surface area (Å²) in [5.41, 5.74) is 2.77. The number of carboxylic acids is 1. The van der Waals surface area contributed by atoms with Crippen molar-refractivity contribution in [3.05, 3.63) is 29.3 Å². The fourth-order valence-electron chi connectivity index (χ4n) is 4.89. The van der Waals surface area contributed by atoms with Crippen molar-refractivity contribution in [2.24, 2.45) is 11.3 Å². The third kappa shape index (κ3) is 2.38. The van der Waals surface area contributed by atoms with Crippen LogP contribution in [0.2, 0.25) is 0 Å². The first-order valence-electron chi connectivity index (χ1n) is 9.00. The molecule has 1 aromatic carbocycles. The zero-order chi connectivity index (χ0) is 16.7. The average molecular weight is 328 g/mol. The average Bonchev–Trinajstić information content (AvgIpc) is 3.13. The van der Waals surface area contributed by atoms with Gasteiger partial charge in [0.25, 0.3) is 0 Å². The van der Waals surface area contributed by atoms with E-state index in [9.17, 15) is 14.7 Å². The van der Waals surface area contributed by atoms with Gasteiger partial charge < -0.3 is 15.3 Å². The van der Waals surface area contributed by atoms with Gasteiger partial charge in [-0.2, -0.15) is 0 Å². The molecule has 2 fully saturated rings. The van der Waals surface area contributed by atoms with Crippen LogP contribution in [-0.2, 0) is 17.6 Å². The normalized spacial score (nSPS) is 28.3. The second kappa shape index (κ2) is 5.80. The predicted molar refractivity (Wildman–Crippen MR) is 91.1 cm³/mol. The highest BCUT2D eigenvalue weighted by atomic mass is 16.4. The van der Waals surface area contributed by atoms with Crippen molar-refractivity contribution in [1.29, 1.82) is 0 Å². The molecule has 1 saturated carbocycles. The van der Waals surface area contributed by atoms with Crippen molar-refractivity contribution < 1.29 is 14.7 Å². The Balaban J connectivity index is 1.51.